The molecule has 0 radical (unpaired) electrons. The van der Waals surface area contributed by atoms with Gasteiger partial charge in [0.2, 0.25) is 0 Å². The van der Waals surface area contributed by atoms with Crippen molar-refractivity contribution < 1.29 is 9.47 Å². The zero-order valence-electron chi connectivity index (χ0n) is 17.4. The molecule has 0 bridgehead atoms. The van der Waals surface area contributed by atoms with Gasteiger partial charge in [-0.2, -0.15) is 0 Å². The molecule has 4 aromatic rings. The third-order valence-corrected chi connectivity index (χ3v) is 6.60. The predicted octanol–water partition coefficient (Wildman–Crippen LogP) is 7.98. The SMILES string of the molecule is COc1cc(C=Cc2nc3cc(C)c(C)cc3s2)ccc1OCc1ccc(Cl)cc1Cl. The number of aromatic nitrogens is 1. The molecule has 0 N–H and O–H groups in total. The first-order valence-electron chi connectivity index (χ1n) is 9.73. The number of thiazole rings is 1. The maximum Gasteiger partial charge on any atom is 0.161 e. The minimum atomic E-state index is 0.325. The summed E-state index contributed by atoms with van der Waals surface area (Å²) in [6.45, 7) is 4.56. The van der Waals surface area contributed by atoms with E-state index in [0.29, 0.717) is 28.2 Å². The summed E-state index contributed by atoms with van der Waals surface area (Å²) in [5, 5.41) is 2.14. The van der Waals surface area contributed by atoms with Crippen molar-refractivity contribution in [1.82, 2.24) is 4.98 Å². The second-order valence-corrected chi connectivity index (χ2v) is 9.13. The van der Waals surface area contributed by atoms with Crippen LogP contribution in [0.2, 0.25) is 10.0 Å². The zero-order chi connectivity index (χ0) is 22.0. The van der Waals surface area contributed by atoms with Crippen molar-refractivity contribution in [2.24, 2.45) is 0 Å². The fourth-order valence-electron chi connectivity index (χ4n) is 3.14. The fraction of sp³-hybridized carbons (Fsp3) is 0.160. The van der Waals surface area contributed by atoms with E-state index >= 15 is 0 Å². The molecule has 6 heteroatoms. The van der Waals surface area contributed by atoms with Gasteiger partial charge in [-0.25, -0.2) is 4.98 Å². The molecule has 0 aliphatic heterocycles. The van der Waals surface area contributed by atoms with E-state index in [4.69, 9.17) is 37.7 Å². The van der Waals surface area contributed by atoms with E-state index in [9.17, 15) is 0 Å². The van der Waals surface area contributed by atoms with E-state index in [2.05, 4.69) is 26.0 Å². The van der Waals surface area contributed by atoms with Crippen molar-refractivity contribution in [2.45, 2.75) is 20.5 Å². The lowest BCUT2D eigenvalue weighted by molar-refractivity contribution is 0.284. The molecular weight excluding hydrogens is 449 g/mol. The summed E-state index contributed by atoms with van der Waals surface area (Å²) in [6, 6.07) is 15.5. The Labute approximate surface area is 195 Å². The summed E-state index contributed by atoms with van der Waals surface area (Å²) in [5.74, 6) is 1.30. The molecule has 1 aromatic heterocycles. The van der Waals surface area contributed by atoms with E-state index < -0.39 is 0 Å². The minimum Gasteiger partial charge on any atom is -0.493 e. The minimum absolute atomic E-state index is 0.325. The first-order valence-corrected chi connectivity index (χ1v) is 11.3. The van der Waals surface area contributed by atoms with Crippen molar-refractivity contribution in [3.05, 3.63) is 85.8 Å². The van der Waals surface area contributed by atoms with Crippen LogP contribution in [-0.4, -0.2) is 12.1 Å². The van der Waals surface area contributed by atoms with Crippen molar-refractivity contribution in [2.75, 3.05) is 7.11 Å². The van der Waals surface area contributed by atoms with Crippen LogP contribution in [0.15, 0.2) is 48.5 Å². The molecule has 3 nitrogen and oxygen atoms in total. The fourth-order valence-corrected chi connectivity index (χ4v) is 4.55. The summed E-state index contributed by atoms with van der Waals surface area (Å²) in [4.78, 5) is 4.72. The molecule has 3 aromatic carbocycles. The number of ether oxygens (including phenoxy) is 2. The number of methoxy groups -OCH3 is 1. The summed E-state index contributed by atoms with van der Waals surface area (Å²) in [7, 11) is 1.63. The van der Waals surface area contributed by atoms with Crippen LogP contribution >= 0.6 is 34.5 Å². The first kappa shape index (κ1) is 21.7. The monoisotopic (exact) mass is 469 g/mol. The molecule has 1 heterocycles. The highest BCUT2D eigenvalue weighted by Gasteiger charge is 2.08. The average Bonchev–Trinajstić information content (AvgIpc) is 3.13. The molecule has 0 spiro atoms. The van der Waals surface area contributed by atoms with E-state index in [1.807, 2.05) is 36.4 Å². The number of benzene rings is 3. The smallest absolute Gasteiger partial charge is 0.161 e. The molecule has 158 valence electrons. The molecule has 0 aliphatic carbocycles. The Kier molecular flexibility index (Phi) is 6.51. The molecule has 0 saturated heterocycles. The highest BCUT2D eigenvalue weighted by molar-refractivity contribution is 7.19. The second-order valence-electron chi connectivity index (χ2n) is 7.22. The maximum absolute atomic E-state index is 6.23. The standard InChI is InChI=1S/C25H21Cl2NO2S/c1-15-10-21-24(11-16(15)2)31-25(28-21)9-5-17-4-8-22(23(12-17)29-3)30-14-18-6-7-19(26)13-20(18)27/h4-13H,14H2,1-3H3. The number of fused-ring (bicyclic) bond motifs is 1. The number of rotatable bonds is 6. The molecule has 0 saturated carbocycles. The van der Waals surface area contributed by atoms with Gasteiger partial charge in [0.15, 0.2) is 11.5 Å². The van der Waals surface area contributed by atoms with Crippen molar-refractivity contribution in [1.29, 1.82) is 0 Å². The molecule has 4 rings (SSSR count). The van der Waals surface area contributed by atoms with Gasteiger partial charge in [0, 0.05) is 15.6 Å². The van der Waals surface area contributed by atoms with Gasteiger partial charge in [-0.1, -0.05) is 41.4 Å². The molecule has 0 unspecified atom stereocenters. The van der Waals surface area contributed by atoms with Crippen LogP contribution in [0.5, 0.6) is 11.5 Å². The summed E-state index contributed by atoms with van der Waals surface area (Å²) >= 11 is 13.9. The van der Waals surface area contributed by atoms with Gasteiger partial charge in [-0.15, -0.1) is 11.3 Å². The third-order valence-electron chi connectivity index (χ3n) is 5.02. The molecule has 0 atom stereocenters. The Morgan fingerprint density at radius 2 is 1.74 bits per heavy atom. The van der Waals surface area contributed by atoms with E-state index in [-0.39, 0.29) is 0 Å². The average molecular weight is 470 g/mol. The molecule has 0 fully saturated rings. The summed E-state index contributed by atoms with van der Waals surface area (Å²) < 4.78 is 12.7. The Balaban J connectivity index is 1.51. The number of hydrogen-bond acceptors (Lipinski definition) is 4. The van der Waals surface area contributed by atoms with Crippen molar-refractivity contribution in [3.8, 4) is 11.5 Å². The maximum atomic E-state index is 6.23. The lowest BCUT2D eigenvalue weighted by atomic mass is 10.1. The Morgan fingerprint density at radius 1 is 0.935 bits per heavy atom. The second kappa shape index (κ2) is 9.31. The van der Waals surface area contributed by atoms with Crippen LogP contribution < -0.4 is 9.47 Å². The lowest BCUT2D eigenvalue weighted by Crippen LogP contribution is -1.98. The number of hydrogen-bond donors (Lipinski definition) is 0. The van der Waals surface area contributed by atoms with Crippen LogP contribution in [0.1, 0.15) is 27.3 Å². The lowest BCUT2D eigenvalue weighted by Gasteiger charge is -2.12. The highest BCUT2D eigenvalue weighted by Crippen LogP contribution is 2.31. The van der Waals surface area contributed by atoms with Crippen molar-refractivity contribution >= 4 is 56.9 Å². The third kappa shape index (κ3) is 5.04. The van der Waals surface area contributed by atoms with Crippen LogP contribution in [0.25, 0.3) is 22.4 Å². The highest BCUT2D eigenvalue weighted by atomic mass is 35.5. The van der Waals surface area contributed by atoms with Crippen LogP contribution in [-0.2, 0) is 6.61 Å². The van der Waals surface area contributed by atoms with Gasteiger partial charge >= 0.3 is 0 Å². The van der Waals surface area contributed by atoms with Gasteiger partial charge in [-0.3, -0.25) is 0 Å². The van der Waals surface area contributed by atoms with Gasteiger partial charge in [0.1, 0.15) is 11.6 Å². The van der Waals surface area contributed by atoms with Crippen LogP contribution in [0.4, 0.5) is 0 Å². The van der Waals surface area contributed by atoms with Gasteiger partial charge in [0.05, 0.1) is 17.3 Å². The van der Waals surface area contributed by atoms with Gasteiger partial charge in [-0.05, 0) is 73.0 Å². The van der Waals surface area contributed by atoms with Gasteiger partial charge < -0.3 is 9.47 Å². The molecule has 0 aliphatic rings. The predicted molar refractivity (Wildman–Crippen MR) is 132 cm³/mol. The zero-order valence-corrected chi connectivity index (χ0v) is 19.7. The molecular formula is C25H21Cl2NO2S. The van der Waals surface area contributed by atoms with Crippen LogP contribution in [0, 0.1) is 13.8 Å². The molecule has 31 heavy (non-hydrogen) atoms. The molecule has 0 amide bonds. The Hall–Kier alpha value is -2.53. The Morgan fingerprint density at radius 3 is 2.52 bits per heavy atom. The topological polar surface area (TPSA) is 31.4 Å². The number of nitrogens with zero attached hydrogens (tertiary/aromatic N) is 1. The first-order chi connectivity index (χ1) is 14.9. The van der Waals surface area contributed by atoms with Crippen molar-refractivity contribution in [3.63, 3.8) is 0 Å². The van der Waals surface area contributed by atoms with Gasteiger partial charge in [0.25, 0.3) is 0 Å². The largest absolute Gasteiger partial charge is 0.493 e. The summed E-state index contributed by atoms with van der Waals surface area (Å²) in [5.41, 5.74) is 5.44. The quantitative estimate of drug-likeness (QED) is 0.286. The normalized spacial score (nSPS) is 11.4. The number of aryl methyl sites for hydroxylation is 2. The van der Waals surface area contributed by atoms with E-state index in [1.165, 1.54) is 15.8 Å². The number of halogens is 2. The summed E-state index contributed by atoms with van der Waals surface area (Å²) in [6.07, 6.45) is 4.05. The van der Waals surface area contributed by atoms with E-state index in [1.54, 1.807) is 30.6 Å². The Bertz CT molecular complexity index is 1240. The van der Waals surface area contributed by atoms with E-state index in [0.717, 1.165) is 21.7 Å². The van der Waals surface area contributed by atoms with Crippen LogP contribution in [0.3, 0.4) is 0 Å².